The molecule has 3 aromatic rings. The maximum absolute atomic E-state index is 13.1. The lowest BCUT2D eigenvalue weighted by Crippen LogP contribution is -2.06. The van der Waals surface area contributed by atoms with Gasteiger partial charge in [-0.15, -0.1) is 0 Å². The molecule has 0 aliphatic carbocycles. The number of benzene rings is 2. The third-order valence-electron chi connectivity index (χ3n) is 3.99. The van der Waals surface area contributed by atoms with Crippen molar-refractivity contribution in [3.8, 4) is 5.75 Å². The quantitative estimate of drug-likeness (QED) is 0.438. The zero-order valence-electron chi connectivity index (χ0n) is 14.7. The summed E-state index contributed by atoms with van der Waals surface area (Å²) in [6, 6.07) is 11.0. The lowest BCUT2D eigenvalue weighted by atomic mass is 10.00. The van der Waals surface area contributed by atoms with Crippen LogP contribution in [0.1, 0.15) is 34.2 Å². The number of aliphatic imine (C=N–C) groups is 1. The van der Waals surface area contributed by atoms with Crippen LogP contribution in [0.25, 0.3) is 11.0 Å². The highest BCUT2D eigenvalue weighted by molar-refractivity contribution is 6.15. The van der Waals surface area contributed by atoms with Crippen molar-refractivity contribution in [2.45, 2.75) is 20.8 Å². The second-order valence-electron chi connectivity index (χ2n) is 6.04. The molecule has 0 unspecified atom stereocenters. The van der Waals surface area contributed by atoms with E-state index in [9.17, 15) is 4.79 Å². The SMILES string of the molecule is COc1ccc2c(N=C(C)N)c(C(=O)c3ccc(C)cc3C)oc2c1. The number of aryl methyl sites for hydroxylation is 2. The van der Waals surface area contributed by atoms with Gasteiger partial charge in [-0.2, -0.15) is 0 Å². The van der Waals surface area contributed by atoms with Crippen LogP contribution in [0.15, 0.2) is 45.8 Å². The average molecular weight is 336 g/mol. The number of carbonyl (C=O) groups excluding carboxylic acids is 1. The molecule has 5 nitrogen and oxygen atoms in total. The van der Waals surface area contributed by atoms with Gasteiger partial charge in [0.2, 0.25) is 11.5 Å². The number of fused-ring (bicyclic) bond motifs is 1. The monoisotopic (exact) mass is 336 g/mol. The minimum atomic E-state index is -0.215. The van der Waals surface area contributed by atoms with E-state index in [4.69, 9.17) is 14.9 Å². The fourth-order valence-electron chi connectivity index (χ4n) is 2.82. The van der Waals surface area contributed by atoms with Gasteiger partial charge in [-0.25, -0.2) is 4.99 Å². The van der Waals surface area contributed by atoms with Gasteiger partial charge < -0.3 is 14.9 Å². The number of ether oxygens (including phenoxy) is 1. The molecule has 5 heteroatoms. The molecule has 0 fully saturated rings. The molecule has 25 heavy (non-hydrogen) atoms. The molecule has 0 aliphatic rings. The molecule has 0 amide bonds. The largest absolute Gasteiger partial charge is 0.497 e. The van der Waals surface area contributed by atoms with Crippen LogP contribution in [0, 0.1) is 13.8 Å². The van der Waals surface area contributed by atoms with Crippen LogP contribution < -0.4 is 10.5 Å². The number of methoxy groups -OCH3 is 1. The molecule has 1 heterocycles. The van der Waals surface area contributed by atoms with Crippen LogP contribution in [0.2, 0.25) is 0 Å². The summed E-state index contributed by atoms with van der Waals surface area (Å²) >= 11 is 0. The number of hydrogen-bond acceptors (Lipinski definition) is 4. The summed E-state index contributed by atoms with van der Waals surface area (Å²) in [5.41, 5.74) is 9.32. The van der Waals surface area contributed by atoms with Gasteiger partial charge in [0.1, 0.15) is 17.0 Å². The highest BCUT2D eigenvalue weighted by Crippen LogP contribution is 2.37. The second-order valence-corrected chi connectivity index (χ2v) is 6.04. The highest BCUT2D eigenvalue weighted by Gasteiger charge is 2.23. The van der Waals surface area contributed by atoms with Gasteiger partial charge in [0.05, 0.1) is 12.9 Å². The van der Waals surface area contributed by atoms with Gasteiger partial charge in [-0.3, -0.25) is 4.79 Å². The molecule has 0 spiro atoms. The van der Waals surface area contributed by atoms with Crippen LogP contribution in [-0.2, 0) is 0 Å². The zero-order chi connectivity index (χ0) is 18.1. The Morgan fingerprint density at radius 2 is 1.92 bits per heavy atom. The van der Waals surface area contributed by atoms with Crippen molar-refractivity contribution in [1.82, 2.24) is 0 Å². The Labute approximate surface area is 146 Å². The van der Waals surface area contributed by atoms with Gasteiger partial charge in [0.15, 0.2) is 0 Å². The number of furan rings is 1. The highest BCUT2D eigenvalue weighted by atomic mass is 16.5. The first-order valence-electron chi connectivity index (χ1n) is 7.94. The van der Waals surface area contributed by atoms with Crippen LogP contribution in [0.4, 0.5) is 5.69 Å². The molecule has 0 saturated heterocycles. The molecule has 128 valence electrons. The molecule has 3 rings (SSSR count). The van der Waals surface area contributed by atoms with Gasteiger partial charge in [0, 0.05) is 17.0 Å². The third kappa shape index (κ3) is 3.13. The smallest absolute Gasteiger partial charge is 0.230 e. The standard InChI is InChI=1S/C20H20N2O3/c1-11-5-7-15(12(2)9-11)19(23)20-18(22-13(3)21)16-8-6-14(24-4)10-17(16)25-20/h5-10H,1-4H3,(H2,21,22). The fourth-order valence-corrected chi connectivity index (χ4v) is 2.82. The number of rotatable bonds is 4. The van der Waals surface area contributed by atoms with E-state index in [-0.39, 0.29) is 11.5 Å². The van der Waals surface area contributed by atoms with E-state index in [1.807, 2.05) is 38.1 Å². The fraction of sp³-hybridized carbons (Fsp3) is 0.200. The topological polar surface area (TPSA) is 77.8 Å². The summed E-state index contributed by atoms with van der Waals surface area (Å²) in [6.45, 7) is 5.57. The Bertz CT molecular complexity index is 996. The first-order chi connectivity index (χ1) is 11.9. The summed E-state index contributed by atoms with van der Waals surface area (Å²) in [6.07, 6.45) is 0. The summed E-state index contributed by atoms with van der Waals surface area (Å²) in [5, 5.41) is 0.721. The molecular formula is C20H20N2O3. The van der Waals surface area contributed by atoms with Crippen LogP contribution in [0.5, 0.6) is 5.75 Å². The van der Waals surface area contributed by atoms with Gasteiger partial charge in [0.25, 0.3) is 0 Å². The number of amidine groups is 1. The van der Waals surface area contributed by atoms with Crippen LogP contribution in [-0.4, -0.2) is 18.7 Å². The summed E-state index contributed by atoms with van der Waals surface area (Å²) in [4.78, 5) is 17.4. The Balaban J connectivity index is 2.23. The van der Waals surface area contributed by atoms with Gasteiger partial charge in [-0.05, 0) is 38.5 Å². The third-order valence-corrected chi connectivity index (χ3v) is 3.99. The van der Waals surface area contributed by atoms with E-state index in [2.05, 4.69) is 4.99 Å². The maximum Gasteiger partial charge on any atom is 0.230 e. The number of carbonyl (C=O) groups is 1. The van der Waals surface area contributed by atoms with E-state index in [0.29, 0.717) is 28.4 Å². The molecule has 2 N–H and O–H groups in total. The molecule has 2 aromatic carbocycles. The average Bonchev–Trinajstić information content (AvgIpc) is 2.91. The first kappa shape index (κ1) is 16.8. The van der Waals surface area contributed by atoms with Crippen molar-refractivity contribution in [1.29, 1.82) is 0 Å². The van der Waals surface area contributed by atoms with Crippen LogP contribution in [0.3, 0.4) is 0 Å². The Hall–Kier alpha value is -3.08. The lowest BCUT2D eigenvalue weighted by molar-refractivity contribution is 0.101. The molecular weight excluding hydrogens is 316 g/mol. The predicted molar refractivity (Wildman–Crippen MR) is 99.1 cm³/mol. The summed E-state index contributed by atoms with van der Waals surface area (Å²) in [5.74, 6) is 0.965. The Morgan fingerprint density at radius 3 is 2.56 bits per heavy atom. The van der Waals surface area contributed by atoms with Crippen molar-refractivity contribution in [2.75, 3.05) is 7.11 Å². The normalized spacial score (nSPS) is 11.8. The predicted octanol–water partition coefficient (Wildman–Crippen LogP) is 4.30. The number of ketones is 1. The van der Waals surface area contributed by atoms with Gasteiger partial charge in [-0.1, -0.05) is 23.8 Å². The summed E-state index contributed by atoms with van der Waals surface area (Å²) in [7, 11) is 1.58. The minimum Gasteiger partial charge on any atom is -0.497 e. The molecule has 0 aliphatic heterocycles. The van der Waals surface area contributed by atoms with E-state index >= 15 is 0 Å². The molecule has 0 radical (unpaired) electrons. The van der Waals surface area contributed by atoms with Crippen molar-refractivity contribution in [2.24, 2.45) is 10.7 Å². The van der Waals surface area contributed by atoms with E-state index in [0.717, 1.165) is 16.5 Å². The minimum absolute atomic E-state index is 0.181. The Morgan fingerprint density at radius 1 is 1.16 bits per heavy atom. The molecule has 0 atom stereocenters. The molecule has 0 saturated carbocycles. The van der Waals surface area contributed by atoms with E-state index in [1.54, 1.807) is 26.2 Å². The van der Waals surface area contributed by atoms with Gasteiger partial charge >= 0.3 is 0 Å². The number of hydrogen-bond donors (Lipinski definition) is 1. The number of nitrogens with zero attached hydrogens (tertiary/aromatic N) is 1. The first-order valence-corrected chi connectivity index (χ1v) is 7.94. The second kappa shape index (κ2) is 6.43. The lowest BCUT2D eigenvalue weighted by Gasteiger charge is -2.05. The van der Waals surface area contributed by atoms with Crippen molar-refractivity contribution in [3.63, 3.8) is 0 Å². The summed E-state index contributed by atoms with van der Waals surface area (Å²) < 4.78 is 11.1. The van der Waals surface area contributed by atoms with Crippen molar-refractivity contribution >= 4 is 28.3 Å². The van der Waals surface area contributed by atoms with Crippen molar-refractivity contribution in [3.05, 3.63) is 58.8 Å². The number of nitrogens with two attached hydrogens (primary N) is 1. The van der Waals surface area contributed by atoms with E-state index < -0.39 is 0 Å². The molecule has 0 bridgehead atoms. The molecule has 1 aromatic heterocycles. The zero-order valence-corrected chi connectivity index (χ0v) is 14.7. The van der Waals surface area contributed by atoms with E-state index in [1.165, 1.54) is 0 Å². The van der Waals surface area contributed by atoms with Crippen molar-refractivity contribution < 1.29 is 13.9 Å². The van der Waals surface area contributed by atoms with Crippen LogP contribution >= 0.6 is 0 Å². The Kier molecular flexibility index (Phi) is 4.31. The maximum atomic E-state index is 13.1.